The maximum Gasteiger partial charge on any atom is 0.0396 e. The van der Waals surface area contributed by atoms with E-state index in [1.54, 1.807) is 0 Å². The normalized spacial score (nSPS) is 17.1. The summed E-state index contributed by atoms with van der Waals surface area (Å²) in [6.07, 6.45) is 6.79. The molecule has 1 aliphatic rings. The molecule has 1 N–H and O–H groups in total. The highest BCUT2D eigenvalue weighted by Crippen LogP contribution is 2.39. The Balaban J connectivity index is 2.09. The molecule has 0 amide bonds. The van der Waals surface area contributed by atoms with Crippen LogP contribution in [0.4, 0.5) is 5.69 Å². The van der Waals surface area contributed by atoms with Crippen LogP contribution in [0.15, 0.2) is 24.3 Å². The Morgan fingerprint density at radius 1 is 1.14 bits per heavy atom. The number of rotatable bonds is 8. The summed E-state index contributed by atoms with van der Waals surface area (Å²) < 4.78 is 0. The maximum absolute atomic E-state index is 3.69. The van der Waals surface area contributed by atoms with Gasteiger partial charge in [0.1, 0.15) is 0 Å². The Labute approximate surface area is 130 Å². The van der Waals surface area contributed by atoms with E-state index in [0.29, 0.717) is 5.41 Å². The van der Waals surface area contributed by atoms with E-state index in [-0.39, 0.29) is 0 Å². The van der Waals surface area contributed by atoms with Gasteiger partial charge in [0.15, 0.2) is 0 Å². The maximum atomic E-state index is 3.69. The molecule has 0 atom stereocenters. The van der Waals surface area contributed by atoms with Crippen molar-refractivity contribution >= 4 is 5.69 Å². The number of benzene rings is 1. The van der Waals surface area contributed by atoms with Gasteiger partial charge in [-0.1, -0.05) is 38.0 Å². The Bertz CT molecular complexity index is 421. The van der Waals surface area contributed by atoms with Gasteiger partial charge in [-0.25, -0.2) is 0 Å². The number of aryl methyl sites for hydroxylation is 1. The van der Waals surface area contributed by atoms with Crippen LogP contribution in [-0.2, 0) is 0 Å². The zero-order valence-electron chi connectivity index (χ0n) is 14.1. The number of hydrogen-bond acceptors (Lipinski definition) is 2. The number of nitrogens with one attached hydrogen (secondary N) is 1. The first-order chi connectivity index (χ1) is 10.2. The minimum atomic E-state index is 0.480. The SMILES string of the molecule is CCCNCC1(CN(CC)c2ccccc2C)CCCC1. The van der Waals surface area contributed by atoms with Crippen molar-refractivity contribution in [2.45, 2.75) is 52.9 Å². The van der Waals surface area contributed by atoms with Gasteiger partial charge in [0.25, 0.3) is 0 Å². The molecule has 0 heterocycles. The quantitative estimate of drug-likeness (QED) is 0.714. The standard InChI is InChI=1S/C19H32N2/c1-4-14-20-15-19(12-8-9-13-19)16-21(5-2)18-11-7-6-10-17(18)3/h6-7,10-11,20H,4-5,8-9,12-16H2,1-3H3. The lowest BCUT2D eigenvalue weighted by Crippen LogP contribution is -2.43. The van der Waals surface area contributed by atoms with Gasteiger partial charge in [0.05, 0.1) is 0 Å². The fraction of sp³-hybridized carbons (Fsp3) is 0.684. The molecule has 1 aromatic rings. The fourth-order valence-electron chi connectivity index (χ4n) is 3.74. The summed E-state index contributed by atoms with van der Waals surface area (Å²) >= 11 is 0. The highest BCUT2D eigenvalue weighted by Gasteiger charge is 2.35. The molecule has 0 aliphatic heterocycles. The minimum absolute atomic E-state index is 0.480. The third kappa shape index (κ3) is 4.23. The molecule has 1 aromatic carbocycles. The fourth-order valence-corrected chi connectivity index (χ4v) is 3.74. The zero-order valence-corrected chi connectivity index (χ0v) is 14.1. The summed E-state index contributed by atoms with van der Waals surface area (Å²) in [5.41, 5.74) is 3.30. The van der Waals surface area contributed by atoms with Gasteiger partial charge < -0.3 is 10.2 Å². The van der Waals surface area contributed by atoms with E-state index in [1.807, 2.05) is 0 Å². The van der Waals surface area contributed by atoms with Gasteiger partial charge >= 0.3 is 0 Å². The molecule has 0 radical (unpaired) electrons. The molecule has 0 aromatic heterocycles. The van der Waals surface area contributed by atoms with Crippen molar-refractivity contribution in [3.63, 3.8) is 0 Å². The lowest BCUT2D eigenvalue weighted by molar-refractivity contribution is 0.284. The minimum Gasteiger partial charge on any atom is -0.371 e. The second kappa shape index (κ2) is 7.84. The first kappa shape index (κ1) is 16.4. The summed E-state index contributed by atoms with van der Waals surface area (Å²) in [5, 5.41) is 3.69. The molecule has 2 nitrogen and oxygen atoms in total. The molecule has 0 spiro atoms. The van der Waals surface area contributed by atoms with Gasteiger partial charge in [-0.05, 0) is 51.3 Å². The van der Waals surface area contributed by atoms with E-state index in [2.05, 4.69) is 55.3 Å². The van der Waals surface area contributed by atoms with Crippen LogP contribution >= 0.6 is 0 Å². The van der Waals surface area contributed by atoms with E-state index in [9.17, 15) is 0 Å². The van der Waals surface area contributed by atoms with Gasteiger partial charge in [-0.2, -0.15) is 0 Å². The van der Waals surface area contributed by atoms with Crippen molar-refractivity contribution in [1.82, 2.24) is 5.32 Å². The summed E-state index contributed by atoms with van der Waals surface area (Å²) in [4.78, 5) is 2.59. The van der Waals surface area contributed by atoms with Crippen molar-refractivity contribution in [2.24, 2.45) is 5.41 Å². The molecular weight excluding hydrogens is 256 g/mol. The van der Waals surface area contributed by atoms with Gasteiger partial charge in [0.2, 0.25) is 0 Å². The Morgan fingerprint density at radius 2 is 1.86 bits per heavy atom. The largest absolute Gasteiger partial charge is 0.371 e. The van der Waals surface area contributed by atoms with Crippen LogP contribution < -0.4 is 10.2 Å². The highest BCUT2D eigenvalue weighted by atomic mass is 15.1. The van der Waals surface area contributed by atoms with E-state index in [0.717, 1.165) is 13.1 Å². The summed E-state index contributed by atoms with van der Waals surface area (Å²) in [6, 6.07) is 8.82. The van der Waals surface area contributed by atoms with Crippen LogP contribution in [0.5, 0.6) is 0 Å². The smallest absolute Gasteiger partial charge is 0.0396 e. The molecule has 1 fully saturated rings. The van der Waals surface area contributed by atoms with Crippen molar-refractivity contribution in [2.75, 3.05) is 31.1 Å². The third-order valence-corrected chi connectivity index (χ3v) is 4.96. The van der Waals surface area contributed by atoms with Gasteiger partial charge in [0, 0.05) is 30.7 Å². The molecule has 0 unspecified atom stereocenters. The van der Waals surface area contributed by atoms with E-state index >= 15 is 0 Å². The van der Waals surface area contributed by atoms with Crippen LogP contribution in [0.25, 0.3) is 0 Å². The monoisotopic (exact) mass is 288 g/mol. The number of para-hydroxylation sites is 1. The number of nitrogens with zero attached hydrogens (tertiary/aromatic N) is 1. The zero-order chi connectivity index (χ0) is 15.1. The molecule has 1 aliphatic carbocycles. The van der Waals surface area contributed by atoms with Crippen molar-refractivity contribution in [3.05, 3.63) is 29.8 Å². The predicted molar refractivity (Wildman–Crippen MR) is 93.1 cm³/mol. The lowest BCUT2D eigenvalue weighted by Gasteiger charge is -2.37. The van der Waals surface area contributed by atoms with E-state index in [1.165, 1.54) is 56.4 Å². The highest BCUT2D eigenvalue weighted by molar-refractivity contribution is 5.53. The van der Waals surface area contributed by atoms with E-state index in [4.69, 9.17) is 0 Å². The van der Waals surface area contributed by atoms with Gasteiger partial charge in [-0.15, -0.1) is 0 Å². The Hall–Kier alpha value is -1.02. The Morgan fingerprint density at radius 3 is 2.48 bits per heavy atom. The second-order valence-corrected chi connectivity index (χ2v) is 6.68. The molecule has 2 rings (SSSR count). The molecular formula is C19H32N2. The average molecular weight is 288 g/mol. The van der Waals surface area contributed by atoms with Crippen LogP contribution in [0.2, 0.25) is 0 Å². The van der Waals surface area contributed by atoms with Crippen molar-refractivity contribution < 1.29 is 0 Å². The van der Waals surface area contributed by atoms with Gasteiger partial charge in [-0.3, -0.25) is 0 Å². The lowest BCUT2D eigenvalue weighted by atomic mass is 9.85. The second-order valence-electron chi connectivity index (χ2n) is 6.68. The summed E-state index contributed by atoms with van der Waals surface area (Å²) in [7, 11) is 0. The van der Waals surface area contributed by atoms with Crippen LogP contribution in [-0.4, -0.2) is 26.2 Å². The topological polar surface area (TPSA) is 15.3 Å². The van der Waals surface area contributed by atoms with Crippen LogP contribution in [0.1, 0.15) is 51.5 Å². The molecule has 0 saturated heterocycles. The van der Waals surface area contributed by atoms with Crippen molar-refractivity contribution in [1.29, 1.82) is 0 Å². The third-order valence-electron chi connectivity index (χ3n) is 4.96. The summed E-state index contributed by atoms with van der Waals surface area (Å²) in [5.74, 6) is 0. The molecule has 1 saturated carbocycles. The van der Waals surface area contributed by atoms with Crippen molar-refractivity contribution in [3.8, 4) is 0 Å². The number of hydrogen-bond donors (Lipinski definition) is 1. The first-order valence-corrected chi connectivity index (χ1v) is 8.72. The van der Waals surface area contributed by atoms with E-state index < -0.39 is 0 Å². The average Bonchev–Trinajstić information content (AvgIpc) is 2.95. The Kier molecular flexibility index (Phi) is 6.10. The molecule has 0 bridgehead atoms. The first-order valence-electron chi connectivity index (χ1n) is 8.72. The predicted octanol–water partition coefficient (Wildman–Crippen LogP) is 4.38. The summed E-state index contributed by atoms with van der Waals surface area (Å²) in [6.45, 7) is 11.4. The van der Waals surface area contributed by atoms with Crippen LogP contribution in [0, 0.1) is 12.3 Å². The molecule has 21 heavy (non-hydrogen) atoms. The molecule has 118 valence electrons. The van der Waals surface area contributed by atoms with Crippen LogP contribution in [0.3, 0.4) is 0 Å². The number of anilines is 1. The molecule has 2 heteroatoms.